The van der Waals surface area contributed by atoms with Crippen LogP contribution in [0.1, 0.15) is 28.4 Å². The number of rotatable bonds is 11. The average Bonchev–Trinajstić information content (AvgIpc) is 3.20. The minimum atomic E-state index is -1.04. The molecule has 11 nitrogen and oxygen atoms in total. The summed E-state index contributed by atoms with van der Waals surface area (Å²) in [6.07, 6.45) is 1.46. The van der Waals surface area contributed by atoms with Crippen molar-refractivity contribution in [2.24, 2.45) is 0 Å². The van der Waals surface area contributed by atoms with E-state index in [4.69, 9.17) is 14.2 Å². The van der Waals surface area contributed by atoms with Crippen molar-refractivity contribution in [2.75, 3.05) is 25.6 Å². The Balaban J connectivity index is 1.49. The van der Waals surface area contributed by atoms with Gasteiger partial charge in [0.1, 0.15) is 24.6 Å². The van der Waals surface area contributed by atoms with Gasteiger partial charge in [-0.3, -0.25) is 9.59 Å². The minimum absolute atomic E-state index is 0.0198. The second kappa shape index (κ2) is 13.0. The van der Waals surface area contributed by atoms with Crippen LogP contribution in [0, 0.1) is 0 Å². The molecule has 0 bridgehead atoms. The highest BCUT2D eigenvalue weighted by atomic mass is 79.9. The highest BCUT2D eigenvalue weighted by Gasteiger charge is 2.35. The van der Waals surface area contributed by atoms with Gasteiger partial charge >= 0.3 is 12.0 Å². The number of carbonyl (C=O) groups is 4. The Hall–Kier alpha value is -4.84. The van der Waals surface area contributed by atoms with Crippen LogP contribution in [0.4, 0.5) is 10.5 Å². The van der Waals surface area contributed by atoms with Crippen molar-refractivity contribution in [1.82, 2.24) is 10.2 Å². The lowest BCUT2D eigenvalue weighted by Gasteiger charge is -2.15. The van der Waals surface area contributed by atoms with Gasteiger partial charge in [-0.25, -0.2) is 14.5 Å². The molecule has 0 saturated carbocycles. The third-order valence-electron chi connectivity index (χ3n) is 5.84. The fourth-order valence-corrected chi connectivity index (χ4v) is 4.56. The van der Waals surface area contributed by atoms with Gasteiger partial charge in [0.15, 0.2) is 11.5 Å². The third-order valence-corrected chi connectivity index (χ3v) is 6.43. The van der Waals surface area contributed by atoms with E-state index in [0.717, 1.165) is 4.90 Å². The monoisotopic (exact) mass is 623 g/mol. The van der Waals surface area contributed by atoms with E-state index in [1.807, 2.05) is 0 Å². The Labute approximate surface area is 243 Å². The summed E-state index contributed by atoms with van der Waals surface area (Å²) in [5.74, 6) is -1.09. The second-order valence-electron chi connectivity index (χ2n) is 8.69. The quantitative estimate of drug-likeness (QED) is 0.207. The van der Waals surface area contributed by atoms with E-state index in [1.54, 1.807) is 55.5 Å². The molecule has 3 aromatic carbocycles. The molecule has 3 N–H and O–H groups in total. The number of urea groups is 1. The van der Waals surface area contributed by atoms with Crippen LogP contribution in [0.5, 0.6) is 17.2 Å². The molecule has 4 amide bonds. The molecule has 212 valence electrons. The van der Waals surface area contributed by atoms with E-state index in [0.29, 0.717) is 45.1 Å². The molecule has 0 atom stereocenters. The number of hydrogen-bond donors (Lipinski definition) is 3. The number of anilines is 1. The molecule has 1 heterocycles. The maximum atomic E-state index is 13.0. The van der Waals surface area contributed by atoms with Crippen LogP contribution < -0.4 is 24.8 Å². The zero-order valence-electron chi connectivity index (χ0n) is 22.1. The average molecular weight is 624 g/mol. The predicted molar refractivity (Wildman–Crippen MR) is 153 cm³/mol. The molecule has 0 spiro atoms. The van der Waals surface area contributed by atoms with Crippen LogP contribution in [0.15, 0.2) is 70.8 Å². The van der Waals surface area contributed by atoms with E-state index in [2.05, 4.69) is 26.6 Å². The molecule has 41 heavy (non-hydrogen) atoms. The smallest absolute Gasteiger partial charge is 0.335 e. The Morgan fingerprint density at radius 1 is 1.05 bits per heavy atom. The Morgan fingerprint density at radius 3 is 2.56 bits per heavy atom. The van der Waals surface area contributed by atoms with E-state index >= 15 is 0 Å². The molecule has 1 saturated heterocycles. The number of carbonyl (C=O) groups excluding carboxylic acids is 3. The van der Waals surface area contributed by atoms with Crippen molar-refractivity contribution < 1.29 is 38.5 Å². The van der Waals surface area contributed by atoms with Gasteiger partial charge in [0.2, 0.25) is 5.91 Å². The molecule has 1 fully saturated rings. The van der Waals surface area contributed by atoms with E-state index in [9.17, 15) is 24.3 Å². The first-order chi connectivity index (χ1) is 19.7. The fraction of sp³-hybridized carbons (Fsp3) is 0.172. The first-order valence-electron chi connectivity index (χ1n) is 12.4. The number of carboxylic acids is 1. The molecular formula is C29H26BrN3O8. The highest BCUT2D eigenvalue weighted by molar-refractivity contribution is 9.10. The predicted octanol–water partition coefficient (Wildman–Crippen LogP) is 4.67. The molecule has 12 heteroatoms. The number of para-hydroxylation sites is 2. The van der Waals surface area contributed by atoms with Crippen LogP contribution in [0.2, 0.25) is 0 Å². The molecule has 4 rings (SSSR count). The summed E-state index contributed by atoms with van der Waals surface area (Å²) in [7, 11) is 1.47. The van der Waals surface area contributed by atoms with Crippen LogP contribution in [0.3, 0.4) is 0 Å². The van der Waals surface area contributed by atoms with Crippen LogP contribution >= 0.6 is 15.9 Å². The second-order valence-corrected chi connectivity index (χ2v) is 9.54. The lowest BCUT2D eigenvalue weighted by Crippen LogP contribution is -2.38. The Kier molecular flexibility index (Phi) is 9.25. The van der Waals surface area contributed by atoms with Gasteiger partial charge in [0.25, 0.3) is 5.91 Å². The number of methoxy groups -OCH3 is 1. The van der Waals surface area contributed by atoms with Gasteiger partial charge in [-0.15, -0.1) is 0 Å². The topological polar surface area (TPSA) is 144 Å². The number of halogens is 1. The lowest BCUT2D eigenvalue weighted by atomic mass is 10.1. The van der Waals surface area contributed by atoms with Gasteiger partial charge in [-0.1, -0.05) is 24.3 Å². The maximum absolute atomic E-state index is 13.0. The normalized spacial score (nSPS) is 13.6. The van der Waals surface area contributed by atoms with E-state index < -0.39 is 30.4 Å². The van der Waals surface area contributed by atoms with Crippen molar-refractivity contribution in [1.29, 1.82) is 0 Å². The third kappa shape index (κ3) is 7.03. The summed E-state index contributed by atoms with van der Waals surface area (Å²) in [5.41, 5.74) is 1.71. The number of carboxylic acid groups (broad SMARTS) is 1. The van der Waals surface area contributed by atoms with Crippen molar-refractivity contribution >= 4 is 51.5 Å². The van der Waals surface area contributed by atoms with Gasteiger partial charge in [0.05, 0.1) is 29.4 Å². The van der Waals surface area contributed by atoms with Gasteiger partial charge in [0, 0.05) is 0 Å². The highest BCUT2D eigenvalue weighted by Crippen LogP contribution is 2.38. The zero-order chi connectivity index (χ0) is 29.5. The lowest BCUT2D eigenvalue weighted by molar-refractivity contribution is -0.127. The van der Waals surface area contributed by atoms with Crippen LogP contribution in [-0.4, -0.2) is 54.1 Å². The molecule has 0 unspecified atom stereocenters. The van der Waals surface area contributed by atoms with Crippen molar-refractivity contribution in [3.8, 4) is 17.2 Å². The number of hydrogen-bond acceptors (Lipinski definition) is 7. The zero-order valence-corrected chi connectivity index (χ0v) is 23.7. The minimum Gasteiger partial charge on any atom is -0.495 e. The van der Waals surface area contributed by atoms with Crippen molar-refractivity contribution in [3.63, 3.8) is 0 Å². The van der Waals surface area contributed by atoms with Gasteiger partial charge < -0.3 is 30.0 Å². The first-order valence-corrected chi connectivity index (χ1v) is 13.2. The standard InChI is InChI=1S/C29H26BrN3O8/c1-3-40-24-14-18(12-20(30)26(24)41-16-17-7-6-8-19(11-17)28(36)37)13-22-27(35)33(29(38)32-22)15-25(34)31-21-9-4-5-10-23(21)39-2/h4-14H,3,15-16H2,1-2H3,(H,31,34)(H,32,38)(H,36,37)/b22-13+. The van der Waals surface area contributed by atoms with Gasteiger partial charge in [-0.2, -0.15) is 0 Å². The van der Waals surface area contributed by atoms with Crippen LogP contribution in [0.25, 0.3) is 6.08 Å². The molecule has 1 aliphatic rings. The number of amides is 4. The number of benzene rings is 3. The summed E-state index contributed by atoms with van der Waals surface area (Å²) >= 11 is 3.47. The van der Waals surface area contributed by atoms with Crippen LogP contribution in [-0.2, 0) is 16.2 Å². The summed E-state index contributed by atoms with van der Waals surface area (Å²) < 4.78 is 17.4. The summed E-state index contributed by atoms with van der Waals surface area (Å²) in [6.45, 7) is 1.71. The maximum Gasteiger partial charge on any atom is 0.335 e. The van der Waals surface area contributed by atoms with E-state index in [-0.39, 0.29) is 17.9 Å². The molecule has 1 aliphatic heterocycles. The molecule has 3 aromatic rings. The summed E-state index contributed by atoms with van der Waals surface area (Å²) in [5, 5.41) is 14.4. The summed E-state index contributed by atoms with van der Waals surface area (Å²) in [6, 6.07) is 15.8. The molecule has 0 radical (unpaired) electrons. The first kappa shape index (κ1) is 29.2. The summed E-state index contributed by atoms with van der Waals surface area (Å²) in [4.78, 5) is 50.2. The fourth-order valence-electron chi connectivity index (χ4n) is 3.99. The number of ether oxygens (including phenoxy) is 3. The Bertz CT molecular complexity index is 1540. The van der Waals surface area contributed by atoms with Crippen molar-refractivity contribution in [3.05, 3.63) is 87.5 Å². The molecular weight excluding hydrogens is 598 g/mol. The van der Waals surface area contributed by atoms with E-state index in [1.165, 1.54) is 25.3 Å². The van der Waals surface area contributed by atoms with Gasteiger partial charge in [-0.05, 0) is 76.5 Å². The van der Waals surface area contributed by atoms with Crippen molar-refractivity contribution in [2.45, 2.75) is 13.5 Å². The number of aromatic carboxylic acids is 1. The largest absolute Gasteiger partial charge is 0.495 e. The number of nitrogens with one attached hydrogen (secondary N) is 2. The number of imide groups is 1. The molecule has 0 aromatic heterocycles. The Morgan fingerprint density at radius 2 is 1.83 bits per heavy atom. The SMILES string of the molecule is CCOc1cc(/C=C2/NC(=O)N(CC(=O)Nc3ccccc3OC)C2=O)cc(Br)c1OCc1cccc(C(=O)O)c1. The molecule has 0 aliphatic carbocycles. The number of nitrogens with zero attached hydrogens (tertiary/aromatic N) is 1.